The van der Waals surface area contributed by atoms with E-state index in [0.29, 0.717) is 0 Å². The molecule has 0 rings (SSSR count). The number of nitrogens with one attached hydrogen (secondary N) is 1. The van der Waals surface area contributed by atoms with Crippen LogP contribution in [-0.2, 0) is 0 Å². The SMILES string of the molecule is CC(C)C(O)NC#N. The number of nitrogens with zero attached hydrogens (tertiary/aromatic N) is 1. The molecule has 0 aliphatic carbocycles. The van der Waals surface area contributed by atoms with Crippen LogP contribution in [0.4, 0.5) is 0 Å². The van der Waals surface area contributed by atoms with Crippen molar-refractivity contribution < 1.29 is 5.11 Å². The molecule has 0 bridgehead atoms. The molecule has 2 N–H and O–H groups in total. The fraction of sp³-hybridized carbons (Fsp3) is 0.800. The molecule has 0 radical (unpaired) electrons. The first-order valence-corrected chi connectivity index (χ1v) is 2.51. The Bertz CT molecular complexity index is 95.1. The minimum Gasteiger partial charge on any atom is -0.373 e. The molecular weight excluding hydrogens is 104 g/mol. The molecule has 3 heteroatoms. The quantitative estimate of drug-likeness (QED) is 0.302. The van der Waals surface area contributed by atoms with Crippen LogP contribution in [0.25, 0.3) is 0 Å². The molecule has 1 unspecified atom stereocenters. The van der Waals surface area contributed by atoms with Gasteiger partial charge in [0.25, 0.3) is 0 Å². The van der Waals surface area contributed by atoms with Crippen LogP contribution in [0.2, 0.25) is 0 Å². The Balaban J connectivity index is 3.35. The van der Waals surface area contributed by atoms with Gasteiger partial charge in [-0.25, -0.2) is 0 Å². The van der Waals surface area contributed by atoms with E-state index < -0.39 is 6.23 Å². The Morgan fingerprint density at radius 1 is 1.62 bits per heavy atom. The molecular formula is C5H10N2O. The van der Waals surface area contributed by atoms with Gasteiger partial charge in [-0.1, -0.05) is 13.8 Å². The van der Waals surface area contributed by atoms with E-state index in [1.165, 1.54) is 0 Å². The third-order valence-electron chi connectivity index (χ3n) is 0.844. The monoisotopic (exact) mass is 114 g/mol. The Labute approximate surface area is 48.9 Å². The van der Waals surface area contributed by atoms with E-state index in [1.807, 2.05) is 13.8 Å². The Morgan fingerprint density at radius 3 is 2.25 bits per heavy atom. The first-order chi connectivity index (χ1) is 3.68. The van der Waals surface area contributed by atoms with Gasteiger partial charge in [-0.05, 0) is 5.92 Å². The van der Waals surface area contributed by atoms with Crippen molar-refractivity contribution in [1.82, 2.24) is 5.32 Å². The van der Waals surface area contributed by atoms with E-state index in [2.05, 4.69) is 5.32 Å². The predicted molar refractivity (Wildman–Crippen MR) is 29.6 cm³/mol. The van der Waals surface area contributed by atoms with Crippen molar-refractivity contribution in [2.45, 2.75) is 20.1 Å². The number of hydrogen-bond acceptors (Lipinski definition) is 3. The Hall–Kier alpha value is -0.750. The molecule has 8 heavy (non-hydrogen) atoms. The van der Waals surface area contributed by atoms with Crippen LogP contribution in [0.3, 0.4) is 0 Å². The topological polar surface area (TPSA) is 56.0 Å². The zero-order valence-corrected chi connectivity index (χ0v) is 5.05. The number of rotatable bonds is 2. The van der Waals surface area contributed by atoms with Crippen molar-refractivity contribution >= 4 is 0 Å². The lowest BCUT2D eigenvalue weighted by molar-refractivity contribution is 0.107. The van der Waals surface area contributed by atoms with Gasteiger partial charge in [0, 0.05) is 0 Å². The minimum absolute atomic E-state index is 0.0923. The summed E-state index contributed by atoms with van der Waals surface area (Å²) in [6, 6.07) is 0. The van der Waals surface area contributed by atoms with Crippen LogP contribution in [0, 0.1) is 17.4 Å². The molecule has 0 saturated heterocycles. The summed E-state index contributed by atoms with van der Waals surface area (Å²) in [6.07, 6.45) is 0.954. The molecule has 0 amide bonds. The molecule has 3 nitrogen and oxygen atoms in total. The normalized spacial score (nSPS) is 12.9. The summed E-state index contributed by atoms with van der Waals surface area (Å²) in [5.41, 5.74) is 0. The number of hydrogen-bond donors (Lipinski definition) is 2. The number of aliphatic hydroxyl groups is 1. The lowest BCUT2D eigenvalue weighted by Gasteiger charge is -2.10. The van der Waals surface area contributed by atoms with Crippen molar-refractivity contribution in [3.05, 3.63) is 0 Å². The van der Waals surface area contributed by atoms with Crippen LogP contribution in [0.15, 0.2) is 0 Å². The van der Waals surface area contributed by atoms with Gasteiger partial charge in [0.1, 0.15) is 6.23 Å². The van der Waals surface area contributed by atoms with E-state index in [9.17, 15) is 0 Å². The predicted octanol–water partition coefficient (Wildman–Crippen LogP) is 0.0315. The summed E-state index contributed by atoms with van der Waals surface area (Å²) < 4.78 is 0. The number of nitriles is 1. The summed E-state index contributed by atoms with van der Waals surface area (Å²) >= 11 is 0. The van der Waals surface area contributed by atoms with Crippen molar-refractivity contribution in [2.24, 2.45) is 5.92 Å². The highest BCUT2D eigenvalue weighted by Crippen LogP contribution is 1.94. The lowest BCUT2D eigenvalue weighted by atomic mass is 10.2. The summed E-state index contributed by atoms with van der Waals surface area (Å²) in [4.78, 5) is 0. The third-order valence-corrected chi connectivity index (χ3v) is 0.844. The zero-order valence-electron chi connectivity index (χ0n) is 5.05. The molecule has 0 spiro atoms. The molecule has 0 aliphatic heterocycles. The first kappa shape index (κ1) is 7.25. The molecule has 1 atom stereocenters. The number of aliphatic hydroxyl groups excluding tert-OH is 1. The maximum absolute atomic E-state index is 8.79. The van der Waals surface area contributed by atoms with Crippen LogP contribution in [0.5, 0.6) is 0 Å². The molecule has 0 aromatic rings. The van der Waals surface area contributed by atoms with Gasteiger partial charge in [0.05, 0.1) is 0 Å². The van der Waals surface area contributed by atoms with Crippen LogP contribution >= 0.6 is 0 Å². The highest BCUT2D eigenvalue weighted by Gasteiger charge is 2.04. The smallest absolute Gasteiger partial charge is 0.178 e. The van der Waals surface area contributed by atoms with Gasteiger partial charge in [0.15, 0.2) is 6.19 Å². The van der Waals surface area contributed by atoms with Crippen LogP contribution in [-0.4, -0.2) is 11.3 Å². The molecule has 0 heterocycles. The van der Waals surface area contributed by atoms with Crippen molar-refractivity contribution in [3.63, 3.8) is 0 Å². The second-order valence-corrected chi connectivity index (χ2v) is 1.94. The maximum atomic E-state index is 8.79. The minimum atomic E-state index is -0.694. The van der Waals surface area contributed by atoms with Gasteiger partial charge in [-0.15, -0.1) is 0 Å². The maximum Gasteiger partial charge on any atom is 0.178 e. The summed E-state index contributed by atoms with van der Waals surface area (Å²) in [6.45, 7) is 3.66. The molecule has 0 aliphatic rings. The standard InChI is InChI=1S/C5H10N2O/c1-4(2)5(8)7-3-6/h4-5,7-8H,1-2H3. The van der Waals surface area contributed by atoms with E-state index in [4.69, 9.17) is 10.4 Å². The lowest BCUT2D eigenvalue weighted by Crippen LogP contribution is -2.29. The second kappa shape index (κ2) is 3.28. The largest absolute Gasteiger partial charge is 0.373 e. The van der Waals surface area contributed by atoms with E-state index in [-0.39, 0.29) is 5.92 Å². The van der Waals surface area contributed by atoms with Gasteiger partial charge < -0.3 is 5.11 Å². The van der Waals surface area contributed by atoms with Gasteiger partial charge in [-0.2, -0.15) is 5.26 Å². The Morgan fingerprint density at radius 2 is 2.12 bits per heavy atom. The third kappa shape index (κ3) is 2.43. The van der Waals surface area contributed by atoms with Gasteiger partial charge in [0.2, 0.25) is 0 Å². The fourth-order valence-corrected chi connectivity index (χ4v) is 0.233. The van der Waals surface area contributed by atoms with E-state index in [1.54, 1.807) is 6.19 Å². The summed E-state index contributed by atoms with van der Waals surface area (Å²) in [5.74, 6) is 0.0923. The highest BCUT2D eigenvalue weighted by molar-refractivity contribution is 4.69. The van der Waals surface area contributed by atoms with Gasteiger partial charge in [-0.3, -0.25) is 5.32 Å². The summed E-state index contributed by atoms with van der Waals surface area (Å²) in [5, 5.41) is 19.0. The molecule has 0 aromatic heterocycles. The first-order valence-electron chi connectivity index (χ1n) is 2.51. The molecule has 0 aromatic carbocycles. The average Bonchev–Trinajstić information content (AvgIpc) is 1.67. The van der Waals surface area contributed by atoms with Crippen LogP contribution in [0.1, 0.15) is 13.8 Å². The van der Waals surface area contributed by atoms with Crippen LogP contribution < -0.4 is 5.32 Å². The fourth-order valence-electron chi connectivity index (χ4n) is 0.233. The van der Waals surface area contributed by atoms with Crippen molar-refractivity contribution in [3.8, 4) is 6.19 Å². The Kier molecular flexibility index (Phi) is 2.97. The second-order valence-electron chi connectivity index (χ2n) is 1.94. The summed E-state index contributed by atoms with van der Waals surface area (Å²) in [7, 11) is 0. The average molecular weight is 114 g/mol. The van der Waals surface area contributed by atoms with Crippen molar-refractivity contribution in [1.29, 1.82) is 5.26 Å². The van der Waals surface area contributed by atoms with Gasteiger partial charge >= 0.3 is 0 Å². The van der Waals surface area contributed by atoms with E-state index >= 15 is 0 Å². The zero-order chi connectivity index (χ0) is 6.57. The molecule has 0 fully saturated rings. The van der Waals surface area contributed by atoms with E-state index in [0.717, 1.165) is 0 Å². The molecule has 0 saturated carbocycles. The van der Waals surface area contributed by atoms with Crippen molar-refractivity contribution in [2.75, 3.05) is 0 Å². The molecule has 46 valence electrons. The highest BCUT2D eigenvalue weighted by atomic mass is 16.3.